The van der Waals surface area contributed by atoms with Gasteiger partial charge in [-0.25, -0.2) is 0 Å². The van der Waals surface area contributed by atoms with Crippen LogP contribution in [0.5, 0.6) is 0 Å². The molecule has 0 aromatic carbocycles. The first-order chi connectivity index (χ1) is 11.1. The molecule has 0 saturated heterocycles. The van der Waals surface area contributed by atoms with Crippen LogP contribution in [0.4, 0.5) is 0 Å². The molecule has 0 spiro atoms. The van der Waals surface area contributed by atoms with Crippen molar-refractivity contribution in [2.24, 2.45) is 0 Å². The molecule has 0 saturated carbocycles. The molecule has 1 rings (SSSR count). The third kappa shape index (κ3) is 7.24. The summed E-state index contributed by atoms with van der Waals surface area (Å²) in [7, 11) is 1.65. The third-order valence-corrected chi connectivity index (χ3v) is 13.6. The SMILES string of the molecule is CCC[CH2][Sn]1([CH2]CCC)[O]C(=O)C=C(CCCCOC)C(=O)[O]1. The van der Waals surface area contributed by atoms with E-state index in [1.54, 1.807) is 7.11 Å². The van der Waals surface area contributed by atoms with Crippen LogP contribution >= 0.6 is 0 Å². The zero-order chi connectivity index (χ0) is 17.1. The molecule has 6 heteroatoms. The summed E-state index contributed by atoms with van der Waals surface area (Å²) in [4.78, 5) is 24.6. The number of rotatable bonds is 11. The molecule has 0 amide bonds. The van der Waals surface area contributed by atoms with E-state index in [0.717, 1.165) is 47.4 Å². The summed E-state index contributed by atoms with van der Waals surface area (Å²) in [5.41, 5.74) is 0.456. The maximum absolute atomic E-state index is 12.5. The van der Waals surface area contributed by atoms with Crippen LogP contribution in [0.2, 0.25) is 8.87 Å². The van der Waals surface area contributed by atoms with Crippen LogP contribution < -0.4 is 0 Å². The van der Waals surface area contributed by atoms with Crippen LogP contribution in [0.1, 0.15) is 58.8 Å². The second kappa shape index (κ2) is 11.1. The zero-order valence-electron chi connectivity index (χ0n) is 14.7. The van der Waals surface area contributed by atoms with Gasteiger partial charge >= 0.3 is 145 Å². The molecule has 1 aliphatic heterocycles. The van der Waals surface area contributed by atoms with Gasteiger partial charge in [0.1, 0.15) is 0 Å². The van der Waals surface area contributed by atoms with Gasteiger partial charge < -0.3 is 0 Å². The summed E-state index contributed by atoms with van der Waals surface area (Å²) in [6.45, 7) is 4.85. The predicted octanol–water partition coefficient (Wildman–Crippen LogP) is 3.87. The Labute approximate surface area is 144 Å². The molecule has 0 radical (unpaired) electrons. The number of carbonyl (C=O) groups excluding carboxylic acids is 2. The standard InChI is InChI=1S/C9H14O5.2C4H9.Sn/c1-14-5-3-2-4-7(9(12)13)6-8(10)11;2*1-3-4-2;/h6H,2-5H2,1H3,(H,10,11)(H,12,13);2*1,3-4H2,2H3;/q;;;+2/p-2. The van der Waals surface area contributed by atoms with Crippen molar-refractivity contribution >= 4 is 31.1 Å². The fourth-order valence-corrected chi connectivity index (χ4v) is 12.3. The van der Waals surface area contributed by atoms with Crippen LogP contribution in [0, 0.1) is 0 Å². The number of methoxy groups -OCH3 is 1. The Morgan fingerprint density at radius 3 is 2.22 bits per heavy atom. The van der Waals surface area contributed by atoms with Crippen LogP contribution in [-0.4, -0.2) is 44.9 Å². The summed E-state index contributed by atoms with van der Waals surface area (Å²) in [6.07, 6.45) is 7.47. The Hall–Kier alpha value is -0.561. The normalized spacial score (nSPS) is 17.3. The average molecular weight is 433 g/mol. The molecule has 132 valence electrons. The first-order valence-electron chi connectivity index (χ1n) is 8.72. The quantitative estimate of drug-likeness (QED) is 0.366. The number of hydrogen-bond acceptors (Lipinski definition) is 5. The zero-order valence-corrected chi connectivity index (χ0v) is 17.5. The van der Waals surface area contributed by atoms with E-state index in [9.17, 15) is 9.59 Å². The van der Waals surface area contributed by atoms with E-state index in [1.165, 1.54) is 6.08 Å². The molecule has 1 aliphatic rings. The third-order valence-electron chi connectivity index (χ3n) is 3.99. The van der Waals surface area contributed by atoms with Crippen molar-refractivity contribution in [3.05, 3.63) is 11.6 Å². The van der Waals surface area contributed by atoms with Gasteiger partial charge in [0.2, 0.25) is 0 Å². The fraction of sp³-hybridized carbons (Fsp3) is 0.765. The van der Waals surface area contributed by atoms with Gasteiger partial charge in [-0.1, -0.05) is 0 Å². The summed E-state index contributed by atoms with van der Waals surface area (Å²) in [6, 6.07) is 0. The van der Waals surface area contributed by atoms with Gasteiger partial charge in [0.25, 0.3) is 0 Å². The van der Waals surface area contributed by atoms with Crippen molar-refractivity contribution in [3.8, 4) is 0 Å². The van der Waals surface area contributed by atoms with Gasteiger partial charge in [0.15, 0.2) is 0 Å². The van der Waals surface area contributed by atoms with E-state index < -0.39 is 19.2 Å². The van der Waals surface area contributed by atoms with Gasteiger partial charge in [0, 0.05) is 0 Å². The van der Waals surface area contributed by atoms with Crippen LogP contribution in [0.3, 0.4) is 0 Å². The minimum atomic E-state index is -3.63. The van der Waals surface area contributed by atoms with E-state index in [2.05, 4.69) is 13.8 Å². The predicted molar refractivity (Wildman–Crippen MR) is 91.2 cm³/mol. The Balaban J connectivity index is 2.77. The Morgan fingerprint density at radius 2 is 1.65 bits per heavy atom. The first kappa shape index (κ1) is 20.5. The monoisotopic (exact) mass is 434 g/mol. The first-order valence-corrected chi connectivity index (χ1v) is 15.1. The summed E-state index contributed by atoms with van der Waals surface area (Å²) >= 11 is -3.63. The number of ether oxygens (including phenoxy) is 1. The molecule has 0 aliphatic carbocycles. The van der Waals surface area contributed by atoms with Gasteiger partial charge in [-0.3, -0.25) is 0 Å². The van der Waals surface area contributed by atoms with Crippen molar-refractivity contribution in [1.82, 2.24) is 0 Å². The molecule has 0 aromatic rings. The molecular weight excluding hydrogens is 403 g/mol. The average Bonchev–Trinajstić information content (AvgIpc) is 2.64. The van der Waals surface area contributed by atoms with E-state index >= 15 is 0 Å². The van der Waals surface area contributed by atoms with Crippen molar-refractivity contribution in [1.29, 1.82) is 0 Å². The van der Waals surface area contributed by atoms with E-state index in [0.29, 0.717) is 18.6 Å². The van der Waals surface area contributed by atoms with Crippen molar-refractivity contribution in [3.63, 3.8) is 0 Å². The Morgan fingerprint density at radius 1 is 1.00 bits per heavy atom. The van der Waals surface area contributed by atoms with Crippen molar-refractivity contribution in [2.75, 3.05) is 13.7 Å². The van der Waals surface area contributed by atoms with Gasteiger partial charge in [-0.05, 0) is 0 Å². The topological polar surface area (TPSA) is 61.8 Å². The summed E-state index contributed by atoms with van der Waals surface area (Å²) in [5, 5.41) is 0. The second-order valence-corrected chi connectivity index (χ2v) is 15.3. The molecule has 0 fully saturated rings. The van der Waals surface area contributed by atoms with E-state index in [4.69, 9.17) is 10.9 Å². The van der Waals surface area contributed by atoms with Crippen LogP contribution in [-0.2, 0) is 20.5 Å². The molecule has 0 bridgehead atoms. The summed E-state index contributed by atoms with van der Waals surface area (Å²) < 4.78 is 18.2. The van der Waals surface area contributed by atoms with E-state index in [1.807, 2.05) is 0 Å². The Bertz CT molecular complexity index is 411. The minimum absolute atomic E-state index is 0.323. The van der Waals surface area contributed by atoms with Gasteiger partial charge in [-0.2, -0.15) is 0 Å². The molecule has 0 aromatic heterocycles. The fourth-order valence-electron chi connectivity index (χ4n) is 2.63. The molecule has 23 heavy (non-hydrogen) atoms. The second-order valence-electron chi connectivity index (χ2n) is 6.05. The molecule has 0 unspecified atom stereocenters. The van der Waals surface area contributed by atoms with Crippen LogP contribution in [0.25, 0.3) is 0 Å². The van der Waals surface area contributed by atoms with Gasteiger partial charge in [-0.15, -0.1) is 0 Å². The molecular formula is C17H30O5Sn. The molecule has 1 heterocycles. The molecule has 0 atom stereocenters. The molecule has 0 N–H and O–H groups in total. The van der Waals surface area contributed by atoms with Crippen LogP contribution in [0.15, 0.2) is 11.6 Å². The summed E-state index contributed by atoms with van der Waals surface area (Å²) in [5.74, 6) is -0.697. The van der Waals surface area contributed by atoms with Crippen molar-refractivity contribution in [2.45, 2.75) is 67.7 Å². The number of unbranched alkanes of at least 4 members (excludes halogenated alkanes) is 3. The number of hydrogen-bond donors (Lipinski definition) is 0. The van der Waals surface area contributed by atoms with Gasteiger partial charge in [0.05, 0.1) is 0 Å². The Kier molecular flexibility index (Phi) is 9.86. The van der Waals surface area contributed by atoms with E-state index in [-0.39, 0.29) is 11.9 Å². The van der Waals surface area contributed by atoms with Crippen molar-refractivity contribution < 1.29 is 20.5 Å². The maximum atomic E-state index is 12.5. The molecule has 5 nitrogen and oxygen atoms in total. The number of carbonyl (C=O) groups is 2.